The first-order valence-corrected chi connectivity index (χ1v) is 16.6. The number of halogens is 1. The molecule has 0 N–H and O–H groups in total. The van der Waals surface area contributed by atoms with Gasteiger partial charge < -0.3 is 19.3 Å². The highest BCUT2D eigenvalue weighted by molar-refractivity contribution is 7.18. The molecule has 11 heteroatoms. The van der Waals surface area contributed by atoms with Gasteiger partial charge in [-0.15, -0.1) is 34.3 Å². The Labute approximate surface area is 267 Å². The molecule has 0 spiro atoms. The Morgan fingerprint density at radius 3 is 2.11 bits per heavy atom. The highest BCUT2D eigenvalue weighted by Crippen LogP contribution is 2.49. The number of rotatable bonds is 7. The number of aryl methyl sites for hydroxylation is 2. The van der Waals surface area contributed by atoms with E-state index in [2.05, 4.69) is 6.58 Å². The van der Waals surface area contributed by atoms with Crippen molar-refractivity contribution in [1.29, 1.82) is 0 Å². The number of benzene rings is 2. The Morgan fingerprint density at radius 1 is 0.909 bits per heavy atom. The molecule has 8 nitrogen and oxygen atoms in total. The van der Waals surface area contributed by atoms with Crippen LogP contribution < -0.4 is 19.3 Å². The van der Waals surface area contributed by atoms with Crippen molar-refractivity contribution in [3.8, 4) is 11.5 Å². The fraction of sp³-hybridized carbons (Fsp3) is 0.333. The van der Waals surface area contributed by atoms with Crippen LogP contribution >= 0.6 is 34.3 Å². The van der Waals surface area contributed by atoms with Gasteiger partial charge in [0.15, 0.2) is 11.5 Å². The lowest BCUT2D eigenvalue weighted by atomic mass is 9.97. The van der Waals surface area contributed by atoms with E-state index in [0.29, 0.717) is 48.1 Å². The number of nitrogens with zero attached hydrogens (tertiary/aromatic N) is 2. The summed E-state index contributed by atoms with van der Waals surface area (Å²) in [7, 11) is 0. The molecule has 0 unspecified atom stereocenters. The molecule has 6 rings (SSSR count). The number of alkyl halides is 1. The molecular weight excluding hydrogens is 620 g/mol. The van der Waals surface area contributed by atoms with Crippen molar-refractivity contribution >= 4 is 89.6 Å². The molecule has 2 amide bonds. The van der Waals surface area contributed by atoms with Crippen molar-refractivity contribution in [3.63, 3.8) is 0 Å². The van der Waals surface area contributed by atoms with Crippen LogP contribution in [0.3, 0.4) is 0 Å². The minimum absolute atomic E-state index is 0.0918. The summed E-state index contributed by atoms with van der Waals surface area (Å²) >= 11 is 9.42. The van der Waals surface area contributed by atoms with E-state index >= 15 is 0 Å². The van der Waals surface area contributed by atoms with Gasteiger partial charge in [-0.1, -0.05) is 6.58 Å². The molecule has 2 aliphatic rings. The van der Waals surface area contributed by atoms with Gasteiger partial charge in [0.2, 0.25) is 5.91 Å². The first-order chi connectivity index (χ1) is 21.0. The van der Waals surface area contributed by atoms with Crippen LogP contribution in [0, 0.1) is 13.8 Å². The molecule has 0 bridgehead atoms. The molecule has 0 radical (unpaired) electrons. The third kappa shape index (κ3) is 5.08. The average Bonchev–Trinajstić information content (AvgIpc) is 3.75. The van der Waals surface area contributed by atoms with Crippen LogP contribution in [0.25, 0.3) is 20.2 Å². The van der Waals surface area contributed by atoms with E-state index in [0.717, 1.165) is 48.1 Å². The van der Waals surface area contributed by atoms with Crippen LogP contribution in [-0.4, -0.2) is 42.7 Å². The molecule has 0 fully saturated rings. The van der Waals surface area contributed by atoms with Crippen molar-refractivity contribution in [2.24, 2.45) is 0 Å². The molecule has 0 saturated heterocycles. The van der Waals surface area contributed by atoms with E-state index in [1.807, 2.05) is 24.6 Å². The molecule has 0 aliphatic carbocycles. The summed E-state index contributed by atoms with van der Waals surface area (Å²) in [5.41, 5.74) is 5.84. The maximum Gasteiger partial charge on any atom is 0.308 e. The van der Waals surface area contributed by atoms with Gasteiger partial charge in [0, 0.05) is 73.6 Å². The number of esters is 2. The number of anilines is 2. The highest BCUT2D eigenvalue weighted by atomic mass is 35.5. The van der Waals surface area contributed by atoms with Gasteiger partial charge in [-0.2, -0.15) is 0 Å². The Hall–Kier alpha value is -3.73. The van der Waals surface area contributed by atoms with Crippen molar-refractivity contribution in [2.75, 3.05) is 28.8 Å². The summed E-state index contributed by atoms with van der Waals surface area (Å²) in [4.78, 5) is 54.4. The van der Waals surface area contributed by atoms with Crippen LogP contribution in [-0.2, 0) is 25.6 Å². The van der Waals surface area contributed by atoms with Gasteiger partial charge in [0.25, 0.3) is 5.91 Å². The van der Waals surface area contributed by atoms with Crippen LogP contribution in [0.4, 0.5) is 11.4 Å². The van der Waals surface area contributed by atoms with E-state index in [1.54, 1.807) is 21.9 Å². The van der Waals surface area contributed by atoms with Gasteiger partial charge in [-0.05, 0) is 59.7 Å². The van der Waals surface area contributed by atoms with Gasteiger partial charge in [-0.25, -0.2) is 0 Å². The molecule has 44 heavy (non-hydrogen) atoms. The monoisotopic (exact) mass is 650 g/mol. The summed E-state index contributed by atoms with van der Waals surface area (Å²) in [6, 6.07) is 3.52. The van der Waals surface area contributed by atoms with E-state index in [9.17, 15) is 19.2 Å². The summed E-state index contributed by atoms with van der Waals surface area (Å²) in [6.45, 7) is 11.7. The predicted octanol–water partition coefficient (Wildman–Crippen LogP) is 7.18. The van der Waals surface area contributed by atoms with E-state index < -0.39 is 11.9 Å². The number of thiophene rings is 2. The number of fused-ring (bicyclic) bond motifs is 6. The van der Waals surface area contributed by atoms with Crippen molar-refractivity contribution < 1.29 is 28.7 Å². The first kappa shape index (κ1) is 30.3. The van der Waals surface area contributed by atoms with Gasteiger partial charge >= 0.3 is 11.9 Å². The smallest absolute Gasteiger partial charge is 0.308 e. The summed E-state index contributed by atoms with van der Waals surface area (Å²) in [5.74, 6) is -0.200. The Bertz CT molecular complexity index is 1910. The number of carbonyl (C=O) groups is 4. The molecular formula is C33H31ClN2O6S2. The fourth-order valence-electron chi connectivity index (χ4n) is 6.38. The van der Waals surface area contributed by atoms with Crippen LogP contribution in [0.2, 0.25) is 0 Å². The predicted molar refractivity (Wildman–Crippen MR) is 176 cm³/mol. The lowest BCUT2D eigenvalue weighted by Gasteiger charge is -2.21. The standard InChI is InChI=1S/C33H31ClN2O6S2/c1-16(6-7-27(39)35-9-8-22-23(35)10-25(41-19(4)37)31-28(22)17(2)14-43-31)33(40)36-13-21(12-34)30-24(36)11-26(42-20(5)38)32-29(30)18(3)15-44-32/h10-11,14-15,21H,1,6-9,12-13H2,2-5H3/t21-/m1/s1. The molecule has 228 valence electrons. The molecule has 0 saturated carbocycles. The second kappa shape index (κ2) is 11.6. The van der Waals surface area contributed by atoms with Crippen LogP contribution in [0.5, 0.6) is 11.5 Å². The number of hydrogen-bond acceptors (Lipinski definition) is 8. The number of amides is 2. The minimum atomic E-state index is -0.441. The lowest BCUT2D eigenvalue weighted by Crippen LogP contribution is -2.32. The largest absolute Gasteiger partial charge is 0.425 e. The lowest BCUT2D eigenvalue weighted by molar-refractivity contribution is -0.132. The van der Waals surface area contributed by atoms with Crippen molar-refractivity contribution in [1.82, 2.24) is 0 Å². The minimum Gasteiger partial charge on any atom is -0.425 e. The molecule has 2 aromatic carbocycles. The second-order valence-electron chi connectivity index (χ2n) is 11.3. The summed E-state index contributed by atoms with van der Waals surface area (Å²) in [5, 5.41) is 6.03. The fourth-order valence-corrected chi connectivity index (χ4v) is 8.68. The first-order valence-electron chi connectivity index (χ1n) is 14.3. The zero-order chi connectivity index (χ0) is 31.4. The third-order valence-corrected chi connectivity index (χ3v) is 10.8. The molecule has 4 heterocycles. The molecule has 2 aromatic heterocycles. The van der Waals surface area contributed by atoms with E-state index in [-0.39, 0.29) is 30.6 Å². The molecule has 4 aromatic rings. The SMILES string of the molecule is C=C(CCC(=O)N1CCc2c1cc(OC(C)=O)c1scc(C)c21)C(=O)N1C[C@@H](CCl)c2c1cc(OC(C)=O)c1scc(C)c21. The van der Waals surface area contributed by atoms with Crippen molar-refractivity contribution in [2.45, 2.75) is 52.9 Å². The Balaban J connectivity index is 1.23. The Morgan fingerprint density at radius 2 is 1.50 bits per heavy atom. The van der Waals surface area contributed by atoms with E-state index in [4.69, 9.17) is 21.1 Å². The maximum absolute atomic E-state index is 13.8. The van der Waals surface area contributed by atoms with Gasteiger partial charge in [0.1, 0.15) is 0 Å². The second-order valence-corrected chi connectivity index (χ2v) is 13.3. The normalized spacial score (nSPS) is 15.5. The molecule has 2 aliphatic heterocycles. The van der Waals surface area contributed by atoms with E-state index in [1.165, 1.54) is 36.5 Å². The average molecular weight is 651 g/mol. The zero-order valence-corrected chi connectivity index (χ0v) is 27.3. The summed E-state index contributed by atoms with van der Waals surface area (Å²) in [6.07, 6.45) is 0.962. The maximum atomic E-state index is 13.8. The van der Waals surface area contributed by atoms with Crippen LogP contribution in [0.15, 0.2) is 35.0 Å². The highest BCUT2D eigenvalue weighted by Gasteiger charge is 2.37. The zero-order valence-electron chi connectivity index (χ0n) is 24.9. The van der Waals surface area contributed by atoms with Gasteiger partial charge in [-0.3, -0.25) is 19.2 Å². The quantitative estimate of drug-likeness (QED) is 0.0911. The number of ether oxygens (including phenoxy) is 2. The number of carbonyl (C=O) groups excluding carboxylic acids is 4. The molecule has 1 atom stereocenters. The van der Waals surface area contributed by atoms with Crippen LogP contribution in [0.1, 0.15) is 54.9 Å². The van der Waals surface area contributed by atoms with Crippen molar-refractivity contribution in [3.05, 3.63) is 57.3 Å². The Kier molecular flexibility index (Phi) is 8.02. The third-order valence-electron chi connectivity index (χ3n) is 8.25. The summed E-state index contributed by atoms with van der Waals surface area (Å²) < 4.78 is 12.8. The number of hydrogen-bond donors (Lipinski definition) is 0. The topological polar surface area (TPSA) is 93.2 Å². The van der Waals surface area contributed by atoms with Gasteiger partial charge in [0.05, 0.1) is 20.8 Å².